The first-order chi connectivity index (χ1) is 9.96. The molecule has 0 radical (unpaired) electrons. The number of nitro groups is 1. The average Bonchev–Trinajstić information content (AvgIpc) is 2.47. The standard InChI is InChI=1S/C12H13FN2O6/c1-20-10(14-6-16)5-7-8(13)3-4-9(15(18)19)11(7)12(17)21-2/h3-4,6,10H,5H2,1-2H3,(H,14,16). The van der Waals surface area contributed by atoms with E-state index in [2.05, 4.69) is 10.1 Å². The number of nitrogens with zero attached hydrogens (tertiary/aromatic N) is 1. The van der Waals surface area contributed by atoms with E-state index in [1.807, 2.05) is 0 Å². The van der Waals surface area contributed by atoms with E-state index in [0.29, 0.717) is 6.41 Å². The number of hydrogen-bond acceptors (Lipinski definition) is 6. The van der Waals surface area contributed by atoms with Gasteiger partial charge in [0.1, 0.15) is 17.6 Å². The summed E-state index contributed by atoms with van der Waals surface area (Å²) in [5, 5.41) is 13.2. The highest BCUT2D eigenvalue weighted by Gasteiger charge is 2.29. The van der Waals surface area contributed by atoms with Crippen molar-refractivity contribution >= 4 is 18.1 Å². The molecule has 0 spiro atoms. The molecule has 9 heteroatoms. The van der Waals surface area contributed by atoms with Gasteiger partial charge in [0.15, 0.2) is 0 Å². The van der Waals surface area contributed by atoms with Crippen LogP contribution in [0.2, 0.25) is 0 Å². The Kier molecular flexibility index (Phi) is 5.73. The molecule has 0 aliphatic heterocycles. The van der Waals surface area contributed by atoms with Crippen LogP contribution in [0, 0.1) is 15.9 Å². The zero-order valence-electron chi connectivity index (χ0n) is 11.3. The van der Waals surface area contributed by atoms with Crippen molar-refractivity contribution < 1.29 is 28.4 Å². The third kappa shape index (κ3) is 3.72. The van der Waals surface area contributed by atoms with Gasteiger partial charge in [-0.15, -0.1) is 0 Å². The molecule has 1 rings (SSSR count). The Balaban J connectivity index is 3.40. The summed E-state index contributed by atoms with van der Waals surface area (Å²) in [5.41, 5.74) is -1.35. The molecule has 1 atom stereocenters. The van der Waals surface area contributed by atoms with Gasteiger partial charge in [0.05, 0.1) is 12.0 Å². The Hall–Kier alpha value is -2.55. The lowest BCUT2D eigenvalue weighted by atomic mass is 10.0. The Labute approximate surface area is 119 Å². The van der Waals surface area contributed by atoms with Gasteiger partial charge in [-0.1, -0.05) is 0 Å². The molecule has 21 heavy (non-hydrogen) atoms. The quantitative estimate of drug-likeness (QED) is 0.262. The summed E-state index contributed by atoms with van der Waals surface area (Å²) in [7, 11) is 2.28. The fourth-order valence-electron chi connectivity index (χ4n) is 1.76. The van der Waals surface area contributed by atoms with Gasteiger partial charge in [-0.3, -0.25) is 14.9 Å². The topological polar surface area (TPSA) is 108 Å². The lowest BCUT2D eigenvalue weighted by molar-refractivity contribution is -0.385. The maximum atomic E-state index is 13.9. The van der Waals surface area contributed by atoms with Crippen molar-refractivity contribution in [2.24, 2.45) is 0 Å². The van der Waals surface area contributed by atoms with Crippen LogP contribution < -0.4 is 5.32 Å². The fraction of sp³-hybridized carbons (Fsp3) is 0.333. The van der Waals surface area contributed by atoms with Crippen LogP contribution in [0.15, 0.2) is 12.1 Å². The molecule has 8 nitrogen and oxygen atoms in total. The van der Waals surface area contributed by atoms with Gasteiger partial charge < -0.3 is 14.8 Å². The lowest BCUT2D eigenvalue weighted by Crippen LogP contribution is -2.32. The molecule has 114 valence electrons. The zero-order chi connectivity index (χ0) is 16.0. The summed E-state index contributed by atoms with van der Waals surface area (Å²) >= 11 is 0. The Morgan fingerprint density at radius 1 is 1.52 bits per heavy atom. The van der Waals surface area contributed by atoms with Crippen molar-refractivity contribution in [3.63, 3.8) is 0 Å². The molecule has 0 bridgehead atoms. The molecule has 1 aromatic rings. The second-order valence-corrected chi connectivity index (χ2v) is 3.88. The molecule has 0 aliphatic rings. The predicted octanol–water partition coefficient (Wildman–Crippen LogP) is 0.781. The number of carbonyl (C=O) groups excluding carboxylic acids is 2. The second kappa shape index (κ2) is 7.29. The van der Waals surface area contributed by atoms with E-state index in [1.165, 1.54) is 7.11 Å². The minimum absolute atomic E-state index is 0.266. The summed E-state index contributed by atoms with van der Waals surface area (Å²) in [6, 6.07) is 1.74. The van der Waals surface area contributed by atoms with Gasteiger partial charge in [-0.05, 0) is 6.07 Å². The maximum Gasteiger partial charge on any atom is 0.345 e. The number of ether oxygens (including phenoxy) is 2. The van der Waals surface area contributed by atoms with E-state index in [0.717, 1.165) is 19.2 Å². The number of esters is 1. The van der Waals surface area contributed by atoms with Crippen molar-refractivity contribution in [2.45, 2.75) is 12.6 Å². The molecular formula is C12H13FN2O6. The summed E-state index contributed by atoms with van der Waals surface area (Å²) < 4.78 is 23.3. The first kappa shape index (κ1) is 16.5. The van der Waals surface area contributed by atoms with Gasteiger partial charge in [0, 0.05) is 25.2 Å². The van der Waals surface area contributed by atoms with Crippen molar-refractivity contribution in [2.75, 3.05) is 14.2 Å². The van der Waals surface area contributed by atoms with E-state index in [9.17, 15) is 24.1 Å². The predicted molar refractivity (Wildman–Crippen MR) is 68.1 cm³/mol. The number of methoxy groups -OCH3 is 2. The Morgan fingerprint density at radius 3 is 2.67 bits per heavy atom. The highest BCUT2D eigenvalue weighted by Crippen LogP contribution is 2.27. The third-order valence-corrected chi connectivity index (χ3v) is 2.75. The normalized spacial score (nSPS) is 11.6. The smallest absolute Gasteiger partial charge is 0.345 e. The molecule has 0 heterocycles. The minimum atomic E-state index is -1.04. The van der Waals surface area contributed by atoms with Crippen molar-refractivity contribution in [1.82, 2.24) is 5.32 Å². The van der Waals surface area contributed by atoms with Gasteiger partial charge in [-0.25, -0.2) is 9.18 Å². The van der Waals surface area contributed by atoms with Gasteiger partial charge in [0.25, 0.3) is 5.69 Å². The van der Waals surface area contributed by atoms with Crippen LogP contribution in [0.1, 0.15) is 15.9 Å². The van der Waals surface area contributed by atoms with Crippen LogP contribution in [0.3, 0.4) is 0 Å². The van der Waals surface area contributed by atoms with Gasteiger partial charge in [0.2, 0.25) is 6.41 Å². The second-order valence-electron chi connectivity index (χ2n) is 3.88. The SMILES string of the molecule is COC(=O)c1c([N+](=O)[O-])ccc(F)c1CC(NC=O)OC. The number of nitrogens with one attached hydrogen (secondary N) is 1. The number of rotatable bonds is 7. The molecule has 1 N–H and O–H groups in total. The van der Waals surface area contributed by atoms with Crippen LogP contribution in [-0.4, -0.2) is 37.8 Å². The largest absolute Gasteiger partial charge is 0.465 e. The number of hydrogen-bond donors (Lipinski definition) is 1. The molecule has 0 fully saturated rings. The fourth-order valence-corrected chi connectivity index (χ4v) is 1.76. The maximum absolute atomic E-state index is 13.9. The van der Waals surface area contributed by atoms with Gasteiger partial charge >= 0.3 is 5.97 Å². The highest BCUT2D eigenvalue weighted by molar-refractivity contribution is 5.95. The third-order valence-electron chi connectivity index (χ3n) is 2.75. The molecule has 1 unspecified atom stereocenters. The molecule has 0 saturated carbocycles. The van der Waals surface area contributed by atoms with Crippen LogP contribution >= 0.6 is 0 Å². The van der Waals surface area contributed by atoms with E-state index in [4.69, 9.17) is 4.74 Å². The summed E-state index contributed by atoms with van der Waals surface area (Å²) in [4.78, 5) is 32.3. The van der Waals surface area contributed by atoms with E-state index in [-0.39, 0.29) is 12.0 Å². The number of halogens is 1. The first-order valence-corrected chi connectivity index (χ1v) is 5.72. The van der Waals surface area contributed by atoms with Crippen LogP contribution in [-0.2, 0) is 20.7 Å². The van der Waals surface area contributed by atoms with E-state index >= 15 is 0 Å². The average molecular weight is 300 g/mol. The molecule has 1 aromatic carbocycles. The number of benzene rings is 1. The highest BCUT2D eigenvalue weighted by atomic mass is 19.1. The van der Waals surface area contributed by atoms with Crippen molar-refractivity contribution in [1.29, 1.82) is 0 Å². The number of nitro benzene ring substituents is 1. The minimum Gasteiger partial charge on any atom is -0.465 e. The number of amides is 1. The molecule has 0 aliphatic carbocycles. The van der Waals surface area contributed by atoms with Crippen molar-refractivity contribution in [3.8, 4) is 0 Å². The molecule has 1 amide bonds. The van der Waals surface area contributed by atoms with Crippen LogP contribution in [0.25, 0.3) is 0 Å². The summed E-state index contributed by atoms with van der Waals surface area (Å²) in [5.74, 6) is -1.88. The van der Waals surface area contributed by atoms with E-state index in [1.54, 1.807) is 0 Å². The summed E-state index contributed by atoms with van der Waals surface area (Å²) in [6.07, 6.45) is -0.878. The summed E-state index contributed by atoms with van der Waals surface area (Å²) in [6.45, 7) is 0. The Bertz CT molecular complexity index is 563. The first-order valence-electron chi connectivity index (χ1n) is 5.72. The molecule has 0 aromatic heterocycles. The monoisotopic (exact) mass is 300 g/mol. The molecule has 0 saturated heterocycles. The van der Waals surface area contributed by atoms with Crippen molar-refractivity contribution in [3.05, 3.63) is 39.2 Å². The van der Waals surface area contributed by atoms with Crippen LogP contribution in [0.4, 0.5) is 10.1 Å². The Morgan fingerprint density at radius 2 is 2.19 bits per heavy atom. The lowest BCUT2D eigenvalue weighted by Gasteiger charge is -2.16. The van der Waals surface area contributed by atoms with Crippen LogP contribution in [0.5, 0.6) is 0 Å². The zero-order valence-corrected chi connectivity index (χ0v) is 11.3. The van der Waals surface area contributed by atoms with Gasteiger partial charge in [-0.2, -0.15) is 0 Å². The molecular weight excluding hydrogens is 287 g/mol. The van der Waals surface area contributed by atoms with E-state index < -0.39 is 34.2 Å². The number of carbonyl (C=O) groups is 2.